The zero-order valence-electron chi connectivity index (χ0n) is 14.6. The molecular formula is C20H23NO3. The first-order valence-corrected chi connectivity index (χ1v) is 8.16. The first kappa shape index (κ1) is 16.4. The summed E-state index contributed by atoms with van der Waals surface area (Å²) in [5.74, 6) is 1.38. The van der Waals surface area contributed by atoms with Crippen LogP contribution in [-0.2, 0) is 10.2 Å². The zero-order valence-corrected chi connectivity index (χ0v) is 14.6. The van der Waals surface area contributed by atoms with E-state index in [0.29, 0.717) is 19.0 Å². The number of rotatable bonds is 3. The Kier molecular flexibility index (Phi) is 4.22. The molecule has 1 N–H and O–H groups in total. The molecule has 0 atom stereocenters. The molecule has 0 unspecified atom stereocenters. The summed E-state index contributed by atoms with van der Waals surface area (Å²) in [6.07, 6.45) is 0. The largest absolute Gasteiger partial charge is 0.486 e. The minimum absolute atomic E-state index is 0.0517. The van der Waals surface area contributed by atoms with E-state index in [-0.39, 0.29) is 5.91 Å². The van der Waals surface area contributed by atoms with Crippen LogP contribution in [0, 0.1) is 13.8 Å². The van der Waals surface area contributed by atoms with Crippen LogP contribution in [0.25, 0.3) is 0 Å². The van der Waals surface area contributed by atoms with Gasteiger partial charge in [0.05, 0.1) is 5.41 Å². The molecule has 0 aromatic heterocycles. The topological polar surface area (TPSA) is 47.6 Å². The normalized spacial score (nSPS) is 13.5. The molecule has 1 aliphatic rings. The van der Waals surface area contributed by atoms with Crippen molar-refractivity contribution in [3.8, 4) is 11.5 Å². The molecule has 0 saturated carbocycles. The van der Waals surface area contributed by atoms with Crippen molar-refractivity contribution >= 4 is 11.6 Å². The van der Waals surface area contributed by atoms with Crippen LogP contribution in [0.1, 0.15) is 30.5 Å². The molecule has 0 bridgehead atoms. The van der Waals surface area contributed by atoms with Crippen molar-refractivity contribution in [1.29, 1.82) is 0 Å². The minimum Gasteiger partial charge on any atom is -0.486 e. The van der Waals surface area contributed by atoms with Crippen molar-refractivity contribution in [1.82, 2.24) is 0 Å². The van der Waals surface area contributed by atoms with E-state index in [4.69, 9.17) is 9.47 Å². The van der Waals surface area contributed by atoms with Crippen LogP contribution in [-0.4, -0.2) is 19.1 Å². The number of fused-ring (bicyclic) bond motifs is 1. The van der Waals surface area contributed by atoms with Gasteiger partial charge in [0, 0.05) is 5.69 Å². The summed E-state index contributed by atoms with van der Waals surface area (Å²) in [4.78, 5) is 12.8. The Balaban J connectivity index is 1.85. The first-order valence-electron chi connectivity index (χ1n) is 8.16. The average Bonchev–Trinajstić information content (AvgIpc) is 2.53. The van der Waals surface area contributed by atoms with Crippen molar-refractivity contribution in [2.75, 3.05) is 18.5 Å². The highest BCUT2D eigenvalue weighted by molar-refractivity contribution is 5.98. The lowest BCUT2D eigenvalue weighted by molar-refractivity contribution is -0.120. The fourth-order valence-electron chi connectivity index (χ4n) is 2.90. The highest BCUT2D eigenvalue weighted by Gasteiger charge is 2.31. The predicted molar refractivity (Wildman–Crippen MR) is 95.0 cm³/mol. The molecule has 1 heterocycles. The summed E-state index contributed by atoms with van der Waals surface area (Å²) < 4.78 is 11.2. The van der Waals surface area contributed by atoms with Gasteiger partial charge in [-0.05, 0) is 68.7 Å². The standard InChI is InChI=1S/C20H23NO3/c1-13-9-14(2)11-16(10-13)21-19(22)20(3,4)15-5-6-17-18(12-15)24-8-7-23-17/h5-6,9-12H,7-8H2,1-4H3,(H,21,22). The van der Waals surface area contributed by atoms with Gasteiger partial charge in [0.2, 0.25) is 5.91 Å². The highest BCUT2D eigenvalue weighted by Crippen LogP contribution is 2.35. The fourth-order valence-corrected chi connectivity index (χ4v) is 2.90. The molecule has 0 radical (unpaired) electrons. The molecule has 2 aromatic rings. The molecule has 24 heavy (non-hydrogen) atoms. The molecule has 0 spiro atoms. The van der Waals surface area contributed by atoms with Crippen LogP contribution in [0.15, 0.2) is 36.4 Å². The van der Waals surface area contributed by atoms with Gasteiger partial charge in [-0.15, -0.1) is 0 Å². The molecule has 1 amide bonds. The highest BCUT2D eigenvalue weighted by atomic mass is 16.6. The van der Waals surface area contributed by atoms with Crippen LogP contribution in [0.4, 0.5) is 5.69 Å². The Morgan fingerprint density at radius 2 is 1.58 bits per heavy atom. The number of benzene rings is 2. The lowest BCUT2D eigenvalue weighted by atomic mass is 9.83. The maximum Gasteiger partial charge on any atom is 0.234 e. The Morgan fingerprint density at radius 3 is 2.25 bits per heavy atom. The molecule has 0 fully saturated rings. The smallest absolute Gasteiger partial charge is 0.234 e. The van der Waals surface area contributed by atoms with Crippen molar-refractivity contribution < 1.29 is 14.3 Å². The zero-order chi connectivity index (χ0) is 17.3. The maximum absolute atomic E-state index is 12.8. The number of aryl methyl sites for hydroxylation is 2. The van der Waals surface area contributed by atoms with Crippen molar-refractivity contribution in [3.63, 3.8) is 0 Å². The van der Waals surface area contributed by atoms with E-state index < -0.39 is 5.41 Å². The van der Waals surface area contributed by atoms with E-state index in [1.54, 1.807) is 0 Å². The number of hydrogen-bond donors (Lipinski definition) is 1. The molecule has 0 aliphatic carbocycles. The molecule has 126 valence electrons. The van der Waals surface area contributed by atoms with Crippen LogP contribution in [0.2, 0.25) is 0 Å². The minimum atomic E-state index is -0.687. The number of anilines is 1. The number of amides is 1. The number of nitrogens with one attached hydrogen (secondary N) is 1. The SMILES string of the molecule is Cc1cc(C)cc(NC(=O)C(C)(C)c2ccc3c(c2)OCCO3)c1. The van der Waals surface area contributed by atoms with E-state index in [1.165, 1.54) is 0 Å². The third kappa shape index (κ3) is 3.23. The second-order valence-electron chi connectivity index (χ2n) is 6.81. The van der Waals surface area contributed by atoms with Crippen molar-refractivity contribution in [2.45, 2.75) is 33.1 Å². The quantitative estimate of drug-likeness (QED) is 0.928. The second-order valence-corrected chi connectivity index (χ2v) is 6.81. The molecule has 2 aromatic carbocycles. The van der Waals surface area contributed by atoms with Crippen LogP contribution in [0.3, 0.4) is 0 Å². The second kappa shape index (κ2) is 6.19. The Bertz CT molecular complexity index is 760. The lowest BCUT2D eigenvalue weighted by Crippen LogP contribution is -2.35. The molecular weight excluding hydrogens is 302 g/mol. The summed E-state index contributed by atoms with van der Waals surface area (Å²) in [5.41, 5.74) is 3.29. The maximum atomic E-state index is 12.8. The Hall–Kier alpha value is -2.49. The van der Waals surface area contributed by atoms with E-state index in [1.807, 2.05) is 58.0 Å². The fraction of sp³-hybridized carbons (Fsp3) is 0.350. The number of hydrogen-bond acceptors (Lipinski definition) is 3. The van der Waals surface area contributed by atoms with Gasteiger partial charge in [-0.2, -0.15) is 0 Å². The third-order valence-electron chi connectivity index (χ3n) is 4.31. The molecule has 3 rings (SSSR count). The molecule has 0 saturated heterocycles. The van der Waals surface area contributed by atoms with Gasteiger partial charge in [0.25, 0.3) is 0 Å². The summed E-state index contributed by atoms with van der Waals surface area (Å²) in [6.45, 7) is 8.96. The van der Waals surface area contributed by atoms with Gasteiger partial charge in [-0.25, -0.2) is 0 Å². The van der Waals surface area contributed by atoms with Gasteiger partial charge in [-0.3, -0.25) is 4.79 Å². The number of carbonyl (C=O) groups is 1. The summed E-state index contributed by atoms with van der Waals surface area (Å²) in [7, 11) is 0. The van der Waals surface area contributed by atoms with Crippen molar-refractivity contribution in [3.05, 3.63) is 53.1 Å². The van der Waals surface area contributed by atoms with Crippen LogP contribution in [0.5, 0.6) is 11.5 Å². The average molecular weight is 325 g/mol. The number of ether oxygens (including phenoxy) is 2. The van der Waals surface area contributed by atoms with E-state index >= 15 is 0 Å². The van der Waals surface area contributed by atoms with Gasteiger partial charge >= 0.3 is 0 Å². The van der Waals surface area contributed by atoms with E-state index in [0.717, 1.165) is 28.1 Å². The van der Waals surface area contributed by atoms with Crippen molar-refractivity contribution in [2.24, 2.45) is 0 Å². The van der Waals surface area contributed by atoms with Crippen LogP contribution >= 0.6 is 0 Å². The summed E-state index contributed by atoms with van der Waals surface area (Å²) in [6, 6.07) is 11.7. The number of carbonyl (C=O) groups excluding carboxylic acids is 1. The van der Waals surface area contributed by atoms with E-state index in [2.05, 4.69) is 11.4 Å². The lowest BCUT2D eigenvalue weighted by Gasteiger charge is -2.26. The van der Waals surface area contributed by atoms with Gasteiger partial charge < -0.3 is 14.8 Å². The molecule has 4 nitrogen and oxygen atoms in total. The third-order valence-corrected chi connectivity index (χ3v) is 4.31. The predicted octanol–water partition coefficient (Wildman–Crippen LogP) is 3.99. The first-order chi connectivity index (χ1) is 11.4. The molecule has 4 heteroatoms. The monoisotopic (exact) mass is 325 g/mol. The molecule has 1 aliphatic heterocycles. The summed E-state index contributed by atoms with van der Waals surface area (Å²) in [5, 5.41) is 3.03. The van der Waals surface area contributed by atoms with Gasteiger partial charge in [0.1, 0.15) is 13.2 Å². The van der Waals surface area contributed by atoms with Crippen LogP contribution < -0.4 is 14.8 Å². The van der Waals surface area contributed by atoms with Gasteiger partial charge in [0.15, 0.2) is 11.5 Å². The van der Waals surface area contributed by atoms with E-state index in [9.17, 15) is 4.79 Å². The van der Waals surface area contributed by atoms with Gasteiger partial charge in [-0.1, -0.05) is 12.1 Å². The Morgan fingerprint density at radius 1 is 0.958 bits per heavy atom. The summed E-state index contributed by atoms with van der Waals surface area (Å²) >= 11 is 0. The Labute approximate surface area is 142 Å².